The standard InChI is InChI=1S/C21H21N5O2S/c22-7-16-11-29-12-26(16)20(27)8-24-21(28)17-3-4-23-19-2-1-15(6-18(17)19)25-9-13-5-14(13)10-25/h1-4,6,13-14,16H,5,8-12H2,(H,24,28). The van der Waals surface area contributed by atoms with E-state index in [1.807, 2.05) is 12.1 Å². The first-order chi connectivity index (χ1) is 14.1. The Balaban J connectivity index is 1.33. The average Bonchev–Trinajstić information content (AvgIpc) is 3.15. The van der Waals surface area contributed by atoms with Crippen molar-refractivity contribution in [1.82, 2.24) is 15.2 Å². The molecule has 1 aromatic carbocycles. The Bertz CT molecular complexity index is 1030. The fraction of sp³-hybridized carbons (Fsp3) is 0.429. The molecule has 2 amide bonds. The van der Waals surface area contributed by atoms with Crippen LogP contribution < -0.4 is 10.2 Å². The van der Waals surface area contributed by atoms with E-state index in [1.165, 1.54) is 11.3 Å². The third kappa shape index (κ3) is 3.40. The van der Waals surface area contributed by atoms with Crippen LogP contribution in [-0.4, -0.2) is 59.0 Å². The van der Waals surface area contributed by atoms with Crippen LogP contribution in [0.1, 0.15) is 16.8 Å². The van der Waals surface area contributed by atoms with Crippen molar-refractivity contribution in [2.24, 2.45) is 11.8 Å². The number of nitriles is 1. The molecule has 1 saturated carbocycles. The highest BCUT2D eigenvalue weighted by Gasteiger charge is 2.45. The summed E-state index contributed by atoms with van der Waals surface area (Å²) in [5.74, 6) is 2.24. The zero-order chi connectivity index (χ0) is 20.0. The zero-order valence-corrected chi connectivity index (χ0v) is 16.7. The highest BCUT2D eigenvalue weighted by molar-refractivity contribution is 7.99. The number of nitrogens with zero attached hydrogens (tertiary/aromatic N) is 4. The number of amides is 2. The number of anilines is 1. The molecule has 1 N–H and O–H groups in total. The van der Waals surface area contributed by atoms with E-state index in [2.05, 4.69) is 27.3 Å². The molecule has 3 aliphatic rings. The van der Waals surface area contributed by atoms with E-state index < -0.39 is 6.04 Å². The second-order valence-corrected chi connectivity index (χ2v) is 8.91. The second kappa shape index (κ2) is 7.23. The molecule has 29 heavy (non-hydrogen) atoms. The van der Waals surface area contributed by atoms with Gasteiger partial charge in [-0.25, -0.2) is 0 Å². The van der Waals surface area contributed by atoms with Crippen LogP contribution in [0.2, 0.25) is 0 Å². The van der Waals surface area contributed by atoms with Crippen LogP contribution in [0, 0.1) is 23.2 Å². The monoisotopic (exact) mass is 407 g/mol. The molecular formula is C21H21N5O2S. The number of hydrogen-bond donors (Lipinski definition) is 1. The van der Waals surface area contributed by atoms with E-state index in [0.717, 1.165) is 41.5 Å². The van der Waals surface area contributed by atoms with Gasteiger partial charge in [0.05, 0.1) is 29.6 Å². The van der Waals surface area contributed by atoms with E-state index in [9.17, 15) is 9.59 Å². The molecule has 3 unspecified atom stereocenters. The molecule has 0 spiro atoms. The molecule has 2 saturated heterocycles. The van der Waals surface area contributed by atoms with Crippen molar-refractivity contribution in [1.29, 1.82) is 5.26 Å². The highest BCUT2D eigenvalue weighted by Crippen LogP contribution is 2.46. The van der Waals surface area contributed by atoms with Gasteiger partial charge >= 0.3 is 0 Å². The molecule has 5 rings (SSSR count). The Morgan fingerprint density at radius 3 is 2.90 bits per heavy atom. The number of aromatic nitrogens is 1. The van der Waals surface area contributed by atoms with Gasteiger partial charge in [-0.1, -0.05) is 0 Å². The summed E-state index contributed by atoms with van der Waals surface area (Å²) in [4.78, 5) is 33.5. The van der Waals surface area contributed by atoms with Crippen molar-refractivity contribution < 1.29 is 9.59 Å². The summed E-state index contributed by atoms with van der Waals surface area (Å²) in [7, 11) is 0. The molecule has 3 atom stereocenters. The quantitative estimate of drug-likeness (QED) is 0.832. The lowest BCUT2D eigenvalue weighted by Crippen LogP contribution is -2.42. The maximum atomic E-state index is 12.8. The van der Waals surface area contributed by atoms with Gasteiger partial charge in [0.1, 0.15) is 6.04 Å². The Kier molecular flexibility index (Phi) is 4.55. The number of nitrogens with one attached hydrogen (secondary N) is 1. The molecule has 3 heterocycles. The zero-order valence-electron chi connectivity index (χ0n) is 15.9. The molecule has 3 fully saturated rings. The lowest BCUT2D eigenvalue weighted by Gasteiger charge is -2.21. The van der Waals surface area contributed by atoms with Crippen LogP contribution in [0.3, 0.4) is 0 Å². The van der Waals surface area contributed by atoms with Gasteiger partial charge in [0.2, 0.25) is 5.91 Å². The fourth-order valence-electron chi connectivity index (χ4n) is 4.29. The van der Waals surface area contributed by atoms with Crippen molar-refractivity contribution in [2.45, 2.75) is 12.5 Å². The third-order valence-corrected chi connectivity index (χ3v) is 7.08. The fourth-order valence-corrected chi connectivity index (χ4v) is 5.39. The summed E-state index contributed by atoms with van der Waals surface area (Å²) in [5.41, 5.74) is 2.40. The summed E-state index contributed by atoms with van der Waals surface area (Å²) < 4.78 is 0. The van der Waals surface area contributed by atoms with Crippen LogP contribution in [0.5, 0.6) is 0 Å². The van der Waals surface area contributed by atoms with Crippen molar-refractivity contribution in [3.63, 3.8) is 0 Å². The minimum atomic E-state index is -0.416. The highest BCUT2D eigenvalue weighted by atomic mass is 32.2. The summed E-state index contributed by atoms with van der Waals surface area (Å²) in [6.45, 7) is 2.05. The number of benzene rings is 1. The maximum Gasteiger partial charge on any atom is 0.252 e. The molecule has 148 valence electrons. The lowest BCUT2D eigenvalue weighted by atomic mass is 10.1. The molecular weight excluding hydrogens is 386 g/mol. The molecule has 1 aromatic heterocycles. The lowest BCUT2D eigenvalue weighted by molar-refractivity contribution is -0.129. The number of carbonyl (C=O) groups excluding carboxylic acids is 2. The smallest absolute Gasteiger partial charge is 0.252 e. The van der Waals surface area contributed by atoms with Crippen molar-refractivity contribution in [3.05, 3.63) is 36.0 Å². The topological polar surface area (TPSA) is 89.3 Å². The second-order valence-electron chi connectivity index (χ2n) is 7.91. The van der Waals surface area contributed by atoms with Crippen molar-refractivity contribution in [2.75, 3.05) is 36.2 Å². The van der Waals surface area contributed by atoms with Crippen molar-refractivity contribution >= 4 is 40.2 Å². The van der Waals surface area contributed by atoms with E-state index in [1.54, 1.807) is 24.0 Å². The normalized spacial score (nSPS) is 25.0. The number of pyridine rings is 1. The van der Waals surface area contributed by atoms with Crippen LogP contribution >= 0.6 is 11.8 Å². The molecule has 2 aliphatic heterocycles. The Morgan fingerprint density at radius 1 is 1.28 bits per heavy atom. The minimum absolute atomic E-state index is 0.115. The molecule has 8 heteroatoms. The molecule has 1 aliphatic carbocycles. The maximum absolute atomic E-state index is 12.8. The average molecular weight is 407 g/mol. The van der Waals surface area contributed by atoms with Crippen LogP contribution in [0.15, 0.2) is 30.5 Å². The first-order valence-corrected chi connectivity index (χ1v) is 11.0. The number of carbonyl (C=O) groups is 2. The van der Waals surface area contributed by atoms with Gasteiger partial charge in [-0.15, -0.1) is 11.8 Å². The van der Waals surface area contributed by atoms with Gasteiger partial charge in [0.15, 0.2) is 0 Å². The Labute approximate surface area is 173 Å². The SMILES string of the molecule is N#CC1CSCN1C(=O)CNC(=O)c1ccnc2ccc(N3CC4CC4C3)cc12. The van der Waals surface area contributed by atoms with Crippen LogP contribution in [0.25, 0.3) is 10.9 Å². The number of fused-ring (bicyclic) bond motifs is 2. The predicted octanol–water partition coefficient (Wildman–Crippen LogP) is 1.85. The molecule has 0 radical (unpaired) electrons. The van der Waals surface area contributed by atoms with Crippen molar-refractivity contribution in [3.8, 4) is 6.07 Å². The van der Waals surface area contributed by atoms with E-state index >= 15 is 0 Å². The summed E-state index contributed by atoms with van der Waals surface area (Å²) >= 11 is 1.55. The van der Waals surface area contributed by atoms with Gasteiger partial charge < -0.3 is 15.1 Å². The van der Waals surface area contributed by atoms with E-state index in [4.69, 9.17) is 5.26 Å². The number of piperidine rings is 1. The van der Waals surface area contributed by atoms with Crippen LogP contribution in [-0.2, 0) is 4.79 Å². The predicted molar refractivity (Wildman–Crippen MR) is 111 cm³/mol. The first-order valence-electron chi connectivity index (χ1n) is 9.83. The van der Waals surface area contributed by atoms with Gasteiger partial charge in [0, 0.05) is 36.1 Å². The Hall–Kier alpha value is -2.79. The molecule has 7 nitrogen and oxygen atoms in total. The largest absolute Gasteiger partial charge is 0.371 e. The van der Waals surface area contributed by atoms with Crippen LogP contribution in [0.4, 0.5) is 5.69 Å². The Morgan fingerprint density at radius 2 is 2.10 bits per heavy atom. The van der Waals surface area contributed by atoms with E-state index in [0.29, 0.717) is 17.2 Å². The number of rotatable bonds is 4. The molecule has 2 aromatic rings. The summed E-state index contributed by atoms with van der Waals surface area (Å²) in [5, 5.41) is 12.7. The number of thioether (sulfide) groups is 1. The van der Waals surface area contributed by atoms with Gasteiger partial charge in [-0.05, 0) is 42.5 Å². The minimum Gasteiger partial charge on any atom is -0.371 e. The van der Waals surface area contributed by atoms with Gasteiger partial charge in [-0.2, -0.15) is 5.26 Å². The summed E-state index contributed by atoms with van der Waals surface area (Å²) in [6.07, 6.45) is 2.96. The summed E-state index contributed by atoms with van der Waals surface area (Å²) in [6, 6.07) is 9.47. The van der Waals surface area contributed by atoms with Gasteiger partial charge in [0.25, 0.3) is 5.91 Å². The number of hydrogen-bond acceptors (Lipinski definition) is 6. The third-order valence-electron chi connectivity index (χ3n) is 6.07. The van der Waals surface area contributed by atoms with E-state index in [-0.39, 0.29) is 18.4 Å². The molecule has 0 bridgehead atoms. The first kappa shape index (κ1) is 18.3. The van der Waals surface area contributed by atoms with Gasteiger partial charge in [-0.3, -0.25) is 14.6 Å².